The van der Waals surface area contributed by atoms with Crippen LogP contribution in [0.25, 0.3) is 0 Å². The number of carboxylic acids is 1. The summed E-state index contributed by atoms with van der Waals surface area (Å²) in [4.78, 5) is 10.2. The first-order valence-electron chi connectivity index (χ1n) is 2.64. The fourth-order valence-corrected chi connectivity index (χ4v) is 0.851. The van der Waals surface area contributed by atoms with Crippen LogP contribution >= 0.6 is 12.0 Å². The smallest absolute Gasteiger partial charge is 0.334 e. The van der Waals surface area contributed by atoms with Crippen molar-refractivity contribution in [3.63, 3.8) is 0 Å². The Morgan fingerprint density at radius 2 is 2.44 bits per heavy atom. The molecule has 0 aromatic carbocycles. The van der Waals surface area contributed by atoms with E-state index in [1.54, 1.807) is 13.2 Å². The van der Waals surface area contributed by atoms with Gasteiger partial charge < -0.3 is 9.29 Å². The van der Waals surface area contributed by atoms with E-state index in [1.165, 1.54) is 0 Å². The van der Waals surface area contributed by atoms with Crippen molar-refractivity contribution < 1.29 is 14.1 Å². The number of hydrogen-bond acceptors (Lipinski definition) is 3. The molecular weight excluding hydrogens is 140 g/mol. The number of aliphatic carboxylic acids is 1. The van der Waals surface area contributed by atoms with Gasteiger partial charge in [0.15, 0.2) is 6.10 Å². The van der Waals surface area contributed by atoms with Crippen molar-refractivity contribution in [1.82, 2.24) is 0 Å². The molecule has 0 bridgehead atoms. The second-order valence-electron chi connectivity index (χ2n) is 1.50. The summed E-state index contributed by atoms with van der Waals surface area (Å²) in [6.45, 7) is 1.77. The molecule has 1 N–H and O–H groups in total. The second kappa shape index (κ2) is 4.64. The minimum Gasteiger partial charge on any atom is -0.479 e. The Balaban J connectivity index is 3.54. The van der Waals surface area contributed by atoms with Gasteiger partial charge in [-0.05, 0) is 18.5 Å². The van der Waals surface area contributed by atoms with Crippen LogP contribution in [0.4, 0.5) is 0 Å². The average Bonchev–Trinajstić information content (AvgIpc) is 1.82. The van der Waals surface area contributed by atoms with E-state index in [0.717, 1.165) is 12.0 Å². The van der Waals surface area contributed by atoms with E-state index in [1.807, 2.05) is 0 Å². The summed E-state index contributed by atoms with van der Waals surface area (Å²) in [5, 5.41) is 8.37. The first-order valence-corrected chi connectivity index (χ1v) is 3.79. The summed E-state index contributed by atoms with van der Waals surface area (Å²) in [7, 11) is 0. The van der Waals surface area contributed by atoms with Crippen LogP contribution in [0.1, 0.15) is 13.3 Å². The molecule has 0 aliphatic carbocycles. The predicted molar refractivity (Wildman–Crippen MR) is 36.3 cm³/mol. The lowest BCUT2D eigenvalue weighted by atomic mass is 10.3. The zero-order valence-corrected chi connectivity index (χ0v) is 6.27. The molecule has 0 heterocycles. The quantitative estimate of drug-likeness (QED) is 0.610. The van der Waals surface area contributed by atoms with Crippen molar-refractivity contribution in [2.45, 2.75) is 19.4 Å². The maximum Gasteiger partial charge on any atom is 0.334 e. The Labute approximate surface area is 58.6 Å². The van der Waals surface area contributed by atoms with Gasteiger partial charge in [-0.2, -0.15) is 0 Å². The van der Waals surface area contributed by atoms with Crippen LogP contribution in [-0.4, -0.2) is 23.4 Å². The second-order valence-corrected chi connectivity index (χ2v) is 2.02. The molecule has 9 heavy (non-hydrogen) atoms. The topological polar surface area (TPSA) is 46.5 Å². The van der Waals surface area contributed by atoms with Crippen LogP contribution in [0.3, 0.4) is 0 Å². The number of rotatable bonds is 4. The van der Waals surface area contributed by atoms with Crippen LogP contribution in [0.15, 0.2) is 0 Å². The molecule has 1 unspecified atom stereocenters. The summed E-state index contributed by atoms with van der Waals surface area (Å²) in [6, 6.07) is 0. The maximum absolute atomic E-state index is 10.2. The minimum atomic E-state index is -0.896. The third-order valence-electron chi connectivity index (χ3n) is 0.859. The minimum absolute atomic E-state index is 0.510. The molecular formula is C5H10O3S. The fraction of sp³-hybridized carbons (Fsp3) is 0.800. The molecule has 0 radical (unpaired) electrons. The first kappa shape index (κ1) is 8.78. The van der Waals surface area contributed by atoms with Crippen LogP contribution in [0.5, 0.6) is 0 Å². The van der Waals surface area contributed by atoms with Gasteiger partial charge in [-0.1, -0.05) is 6.92 Å². The van der Waals surface area contributed by atoms with Gasteiger partial charge in [0.25, 0.3) is 0 Å². The van der Waals surface area contributed by atoms with Crippen molar-refractivity contribution in [3.8, 4) is 0 Å². The molecule has 1 atom stereocenters. The summed E-state index contributed by atoms with van der Waals surface area (Å²) in [5.41, 5.74) is 0. The summed E-state index contributed by atoms with van der Waals surface area (Å²) >= 11 is 1.08. The van der Waals surface area contributed by atoms with Gasteiger partial charge >= 0.3 is 5.97 Å². The Morgan fingerprint density at radius 1 is 1.89 bits per heavy atom. The Hall–Kier alpha value is -0.220. The van der Waals surface area contributed by atoms with Crippen LogP contribution < -0.4 is 0 Å². The Morgan fingerprint density at radius 3 is 2.56 bits per heavy atom. The molecule has 3 nitrogen and oxygen atoms in total. The van der Waals surface area contributed by atoms with Crippen molar-refractivity contribution in [3.05, 3.63) is 0 Å². The van der Waals surface area contributed by atoms with Crippen molar-refractivity contribution in [2.24, 2.45) is 0 Å². The molecule has 0 fully saturated rings. The molecule has 0 amide bonds. The SMILES string of the molecule is CCC(OSC)C(=O)O. The van der Waals surface area contributed by atoms with Crippen molar-refractivity contribution >= 4 is 18.0 Å². The van der Waals surface area contributed by atoms with Crippen molar-refractivity contribution in [1.29, 1.82) is 0 Å². The molecule has 0 saturated heterocycles. The van der Waals surface area contributed by atoms with Gasteiger partial charge in [0.2, 0.25) is 0 Å². The van der Waals surface area contributed by atoms with Gasteiger partial charge in [0.1, 0.15) is 0 Å². The number of carbonyl (C=O) groups is 1. The van der Waals surface area contributed by atoms with E-state index in [9.17, 15) is 4.79 Å². The third kappa shape index (κ3) is 3.37. The van der Waals surface area contributed by atoms with Crippen LogP contribution in [-0.2, 0) is 8.98 Å². The van der Waals surface area contributed by atoms with Gasteiger partial charge in [0, 0.05) is 6.26 Å². The average molecular weight is 150 g/mol. The van der Waals surface area contributed by atoms with Gasteiger partial charge in [-0.15, -0.1) is 0 Å². The summed E-state index contributed by atoms with van der Waals surface area (Å²) < 4.78 is 4.77. The standard InChI is InChI=1S/C5H10O3S/c1-3-4(5(6)7)8-9-2/h4H,3H2,1-2H3,(H,6,7). The largest absolute Gasteiger partial charge is 0.479 e. The first-order chi connectivity index (χ1) is 4.22. The Bertz CT molecular complexity index is 94.2. The lowest BCUT2D eigenvalue weighted by molar-refractivity contribution is -0.144. The van der Waals surface area contributed by atoms with Crippen LogP contribution in [0.2, 0.25) is 0 Å². The Kier molecular flexibility index (Phi) is 4.53. The van der Waals surface area contributed by atoms with Gasteiger partial charge in [-0.3, -0.25) is 0 Å². The monoisotopic (exact) mass is 150 g/mol. The van der Waals surface area contributed by atoms with E-state index >= 15 is 0 Å². The van der Waals surface area contributed by atoms with Crippen molar-refractivity contribution in [2.75, 3.05) is 6.26 Å². The van der Waals surface area contributed by atoms with Crippen LogP contribution in [0, 0.1) is 0 Å². The molecule has 0 rings (SSSR count). The highest BCUT2D eigenvalue weighted by Gasteiger charge is 2.14. The van der Waals surface area contributed by atoms with Gasteiger partial charge in [0.05, 0.1) is 0 Å². The lowest BCUT2D eigenvalue weighted by Gasteiger charge is -2.05. The highest BCUT2D eigenvalue weighted by molar-refractivity contribution is 7.93. The zero-order chi connectivity index (χ0) is 7.28. The molecule has 4 heteroatoms. The number of hydrogen-bond donors (Lipinski definition) is 1. The van der Waals surface area contributed by atoms with E-state index in [4.69, 9.17) is 9.29 Å². The molecule has 0 aliphatic rings. The molecule has 0 saturated carbocycles. The molecule has 0 aromatic rings. The van der Waals surface area contributed by atoms with E-state index in [0.29, 0.717) is 6.42 Å². The predicted octanol–water partition coefficient (Wildman–Crippen LogP) is 1.14. The summed E-state index contributed by atoms with van der Waals surface area (Å²) in [5.74, 6) is -0.896. The highest BCUT2D eigenvalue weighted by Crippen LogP contribution is 2.05. The lowest BCUT2D eigenvalue weighted by Crippen LogP contribution is -2.19. The van der Waals surface area contributed by atoms with E-state index in [-0.39, 0.29) is 0 Å². The maximum atomic E-state index is 10.2. The fourth-order valence-electron chi connectivity index (χ4n) is 0.400. The highest BCUT2D eigenvalue weighted by atomic mass is 32.2. The third-order valence-corrected chi connectivity index (χ3v) is 1.28. The van der Waals surface area contributed by atoms with Gasteiger partial charge in [-0.25, -0.2) is 4.79 Å². The van der Waals surface area contributed by atoms with E-state index < -0.39 is 12.1 Å². The molecule has 0 aliphatic heterocycles. The van der Waals surface area contributed by atoms with E-state index in [2.05, 4.69) is 0 Å². The number of carboxylic acid groups (broad SMARTS) is 1. The zero-order valence-electron chi connectivity index (χ0n) is 5.46. The summed E-state index contributed by atoms with van der Waals surface area (Å²) in [6.07, 6.45) is 1.56. The molecule has 0 aromatic heterocycles. The normalized spacial score (nSPS) is 13.1. The molecule has 54 valence electrons. The molecule has 0 spiro atoms.